The number of hydrogen-bond donors (Lipinski definition) is 0. The number of hydrogen-bond acceptors (Lipinski definition) is 0. The molecule has 0 amide bonds. The van der Waals surface area contributed by atoms with Crippen LogP contribution in [-0.2, 0) is 19.5 Å². The van der Waals surface area contributed by atoms with Gasteiger partial charge in [-0.2, -0.15) is 6.42 Å². The molecule has 7 heavy (non-hydrogen) atoms. The van der Waals surface area contributed by atoms with Gasteiger partial charge in [0.25, 0.3) is 0 Å². The van der Waals surface area contributed by atoms with Crippen molar-refractivity contribution in [2.24, 2.45) is 0 Å². The smallest absolute Gasteiger partial charge is 0 e. The van der Waals surface area contributed by atoms with Crippen LogP contribution in [-0.4, -0.2) is 0 Å². The molecule has 0 radical (unpaired) electrons. The van der Waals surface area contributed by atoms with Crippen LogP contribution in [0.3, 0.4) is 0 Å². The maximum Gasteiger partial charge on any atom is 0 e. The Labute approximate surface area is 71.0 Å². The summed E-state index contributed by atoms with van der Waals surface area (Å²) in [6.45, 7) is 5.72. The Morgan fingerprint density at radius 3 is 1.43 bits per heavy atom. The average molecular weight is 195 g/mol. The summed E-state index contributed by atoms with van der Waals surface area (Å²) in [5, 5.41) is 0. The minimum Gasteiger partial charge on any atom is -0.343 e. The van der Waals surface area contributed by atoms with Crippen molar-refractivity contribution in [1.29, 1.82) is 0 Å². The molecule has 0 unspecified atom stereocenters. The molecule has 0 aliphatic rings. The van der Waals surface area contributed by atoms with Crippen molar-refractivity contribution in [1.82, 2.24) is 0 Å². The molecule has 0 bridgehead atoms. The molecule has 0 aromatic heterocycles. The van der Waals surface area contributed by atoms with E-state index in [4.69, 9.17) is 0 Å². The molecule has 3 heteroatoms. The van der Waals surface area contributed by atoms with E-state index < -0.39 is 0 Å². The van der Waals surface area contributed by atoms with Crippen LogP contribution in [0.5, 0.6) is 0 Å². The zero-order chi connectivity index (χ0) is 3.41. The first-order valence-electron chi connectivity index (χ1n) is 1.71. The molecule has 0 aromatic carbocycles. The van der Waals surface area contributed by atoms with Crippen LogP contribution in [0.25, 0.3) is 0 Å². The molecule has 0 atom stereocenters. The molecule has 0 rings (SSSR count). The van der Waals surface area contributed by atoms with E-state index in [9.17, 15) is 0 Å². The van der Waals surface area contributed by atoms with Gasteiger partial charge in [-0.05, 0) is 0 Å². The predicted molar refractivity (Wildman–Crippen MR) is 34.8 cm³/mol. The van der Waals surface area contributed by atoms with Crippen LogP contribution in [0, 0.1) is 6.92 Å². The maximum absolute atomic E-state index is 3.60. The van der Waals surface area contributed by atoms with Crippen LogP contribution >= 0.6 is 24.8 Å². The Hall–Kier alpha value is 1.20. The van der Waals surface area contributed by atoms with Crippen molar-refractivity contribution < 1.29 is 19.5 Å². The topological polar surface area (TPSA) is 0 Å². The summed E-state index contributed by atoms with van der Waals surface area (Å²) >= 11 is 0. The van der Waals surface area contributed by atoms with Crippen LogP contribution in [0.1, 0.15) is 19.8 Å². The molecule has 0 fully saturated rings. The van der Waals surface area contributed by atoms with E-state index in [0.717, 1.165) is 6.42 Å². The molecule has 44 valence electrons. The Bertz CT molecular complexity index is 11.7. The van der Waals surface area contributed by atoms with E-state index >= 15 is 0 Å². The third-order valence-electron chi connectivity index (χ3n) is 0.354. The molecule has 0 saturated carbocycles. The second kappa shape index (κ2) is 27.0. The Morgan fingerprint density at radius 2 is 1.43 bits per heavy atom. The Kier molecular flexibility index (Phi) is 93.0. The van der Waals surface area contributed by atoms with Gasteiger partial charge in [0.2, 0.25) is 0 Å². The summed E-state index contributed by atoms with van der Waals surface area (Å²) in [4.78, 5) is 0. The Balaban J connectivity index is -0.0000000150. The molecule has 0 aromatic rings. The monoisotopic (exact) mass is 193 g/mol. The largest absolute Gasteiger partial charge is 0.343 e. The quantitative estimate of drug-likeness (QED) is 0.445. The van der Waals surface area contributed by atoms with E-state index in [1.165, 1.54) is 6.42 Å². The Morgan fingerprint density at radius 1 is 1.29 bits per heavy atom. The van der Waals surface area contributed by atoms with E-state index in [1.54, 1.807) is 0 Å². The summed E-state index contributed by atoms with van der Waals surface area (Å²) < 4.78 is 0. The molecule has 0 saturated heterocycles. The van der Waals surface area contributed by atoms with Crippen LogP contribution in [0.2, 0.25) is 0 Å². The molecule has 0 nitrogen and oxygen atoms in total. The first-order chi connectivity index (χ1) is 1.91. The summed E-state index contributed by atoms with van der Waals surface area (Å²) in [5.74, 6) is 0. The summed E-state index contributed by atoms with van der Waals surface area (Å²) in [5.41, 5.74) is 0. The maximum atomic E-state index is 3.60. The summed E-state index contributed by atoms with van der Waals surface area (Å²) in [7, 11) is 0. The standard InChI is InChI=1S/C4H9.2ClH.Zn/c1-3-4-2;;;/h1,3-4H2,2H3;2*1H;/q-1;;;. The van der Waals surface area contributed by atoms with Gasteiger partial charge in [0.15, 0.2) is 0 Å². The molecule has 0 heterocycles. The molecular weight excluding hydrogens is 184 g/mol. The summed E-state index contributed by atoms with van der Waals surface area (Å²) in [6.07, 6.45) is 2.28. The number of unbranched alkanes of at least 4 members (excludes halogenated alkanes) is 1. The third-order valence-corrected chi connectivity index (χ3v) is 0.354. The third kappa shape index (κ3) is 40.2. The molecule has 0 aliphatic carbocycles. The van der Waals surface area contributed by atoms with Gasteiger partial charge in [-0.15, -0.1) is 24.8 Å². The zero-order valence-electron chi connectivity index (χ0n) is 4.64. The number of halogens is 2. The molecular formula is C4H11Cl2Zn-. The van der Waals surface area contributed by atoms with Gasteiger partial charge in [-0.25, -0.2) is 0 Å². The van der Waals surface area contributed by atoms with Crippen molar-refractivity contribution >= 4 is 24.8 Å². The molecule has 0 spiro atoms. The zero-order valence-corrected chi connectivity index (χ0v) is 9.25. The summed E-state index contributed by atoms with van der Waals surface area (Å²) in [6, 6.07) is 0. The predicted octanol–water partition coefficient (Wildman–Crippen LogP) is 2.46. The SMILES string of the molecule is Cl.Cl.[CH2-]CCC.[Zn]. The van der Waals surface area contributed by atoms with Gasteiger partial charge in [0, 0.05) is 19.5 Å². The van der Waals surface area contributed by atoms with Gasteiger partial charge in [-0.3, -0.25) is 0 Å². The first-order valence-corrected chi connectivity index (χ1v) is 1.71. The van der Waals surface area contributed by atoms with Gasteiger partial charge >= 0.3 is 0 Å². The van der Waals surface area contributed by atoms with Crippen molar-refractivity contribution in [3.63, 3.8) is 0 Å². The van der Waals surface area contributed by atoms with E-state index in [1.807, 2.05) is 0 Å². The first kappa shape index (κ1) is 24.1. The second-order valence-electron chi connectivity index (χ2n) is 0.854. The van der Waals surface area contributed by atoms with E-state index in [-0.39, 0.29) is 44.3 Å². The van der Waals surface area contributed by atoms with Crippen molar-refractivity contribution in [3.05, 3.63) is 6.92 Å². The minimum absolute atomic E-state index is 0. The fourth-order valence-electron chi connectivity index (χ4n) is 0. The van der Waals surface area contributed by atoms with Crippen LogP contribution in [0.15, 0.2) is 0 Å². The average Bonchev–Trinajstić information content (AvgIpc) is 1.37. The van der Waals surface area contributed by atoms with Crippen LogP contribution < -0.4 is 0 Å². The molecule has 0 N–H and O–H groups in total. The minimum atomic E-state index is 0. The van der Waals surface area contributed by atoms with Gasteiger partial charge in [-0.1, -0.05) is 13.3 Å². The normalized spacial score (nSPS) is 4.29. The molecule has 0 aliphatic heterocycles. The van der Waals surface area contributed by atoms with E-state index in [0.29, 0.717) is 0 Å². The number of rotatable bonds is 1. The fraction of sp³-hybridized carbons (Fsp3) is 0.750. The van der Waals surface area contributed by atoms with Gasteiger partial charge in [0.05, 0.1) is 0 Å². The van der Waals surface area contributed by atoms with Gasteiger partial charge < -0.3 is 6.92 Å². The second-order valence-corrected chi connectivity index (χ2v) is 0.854. The van der Waals surface area contributed by atoms with E-state index in [2.05, 4.69) is 13.8 Å². The van der Waals surface area contributed by atoms with Gasteiger partial charge in [0.1, 0.15) is 0 Å². The fourth-order valence-corrected chi connectivity index (χ4v) is 0. The van der Waals surface area contributed by atoms with Crippen molar-refractivity contribution in [3.8, 4) is 0 Å². The van der Waals surface area contributed by atoms with Crippen molar-refractivity contribution in [2.75, 3.05) is 0 Å². The van der Waals surface area contributed by atoms with Crippen molar-refractivity contribution in [2.45, 2.75) is 19.8 Å². The van der Waals surface area contributed by atoms with Crippen LogP contribution in [0.4, 0.5) is 0 Å².